The molecule has 0 radical (unpaired) electrons. The molecule has 1 aliphatic rings. The van der Waals surface area contributed by atoms with Gasteiger partial charge >= 0.3 is 6.18 Å². The van der Waals surface area contributed by atoms with Crippen LogP contribution < -0.4 is 5.32 Å². The predicted octanol–water partition coefficient (Wildman–Crippen LogP) is 3.59. The Morgan fingerprint density at radius 3 is 2.47 bits per heavy atom. The van der Waals surface area contributed by atoms with Crippen molar-refractivity contribution in [2.45, 2.75) is 31.1 Å². The van der Waals surface area contributed by atoms with Gasteiger partial charge in [-0.15, -0.1) is 11.3 Å². The fourth-order valence-electron chi connectivity index (χ4n) is 1.39. The van der Waals surface area contributed by atoms with Gasteiger partial charge in [0.1, 0.15) is 5.54 Å². The second kappa shape index (κ2) is 3.64. The smallest absolute Gasteiger partial charge is 0.299 e. The van der Waals surface area contributed by atoms with Crippen LogP contribution in [0.25, 0.3) is 0 Å². The molecule has 0 bridgehead atoms. The molecular weight excluding hydrogens is 247 g/mol. The summed E-state index contributed by atoms with van der Waals surface area (Å²) in [5.74, 6) is 0. The van der Waals surface area contributed by atoms with Gasteiger partial charge in [-0.1, -0.05) is 11.6 Å². The van der Waals surface area contributed by atoms with Crippen molar-refractivity contribution in [1.29, 1.82) is 0 Å². The molecule has 1 nitrogen and oxygen atoms in total. The summed E-state index contributed by atoms with van der Waals surface area (Å²) < 4.78 is 38.2. The molecule has 0 spiro atoms. The van der Waals surface area contributed by atoms with Crippen LogP contribution in [0.1, 0.15) is 17.7 Å². The third-order valence-electron chi connectivity index (χ3n) is 2.52. The summed E-state index contributed by atoms with van der Waals surface area (Å²) in [6.07, 6.45) is -3.79. The largest absolute Gasteiger partial charge is 0.406 e. The van der Waals surface area contributed by atoms with Gasteiger partial charge in [-0.3, -0.25) is 5.32 Å². The lowest BCUT2D eigenvalue weighted by Gasteiger charge is -2.20. The highest BCUT2D eigenvalue weighted by Gasteiger charge is 2.62. The minimum atomic E-state index is -4.14. The van der Waals surface area contributed by atoms with E-state index in [4.69, 9.17) is 11.6 Å². The summed E-state index contributed by atoms with van der Waals surface area (Å²) in [7, 11) is 0. The van der Waals surface area contributed by atoms with E-state index in [1.165, 1.54) is 11.3 Å². The van der Waals surface area contributed by atoms with Gasteiger partial charge < -0.3 is 0 Å². The molecule has 15 heavy (non-hydrogen) atoms. The maximum absolute atomic E-state index is 12.5. The first kappa shape index (κ1) is 11.2. The van der Waals surface area contributed by atoms with Crippen molar-refractivity contribution in [2.24, 2.45) is 0 Å². The van der Waals surface area contributed by atoms with Crippen molar-refractivity contribution in [3.05, 3.63) is 21.3 Å². The van der Waals surface area contributed by atoms with E-state index < -0.39 is 11.7 Å². The molecule has 1 aromatic heterocycles. The Labute approximate surface area is 94.2 Å². The van der Waals surface area contributed by atoms with Crippen LogP contribution in [-0.4, -0.2) is 11.7 Å². The van der Waals surface area contributed by atoms with Crippen molar-refractivity contribution in [1.82, 2.24) is 5.32 Å². The Kier molecular flexibility index (Phi) is 2.73. The number of hydrogen-bond donors (Lipinski definition) is 1. The molecule has 0 aliphatic heterocycles. The monoisotopic (exact) mass is 255 g/mol. The van der Waals surface area contributed by atoms with E-state index in [0.717, 1.165) is 4.88 Å². The highest BCUT2D eigenvalue weighted by molar-refractivity contribution is 7.16. The molecule has 1 saturated carbocycles. The van der Waals surface area contributed by atoms with Gasteiger partial charge in [-0.25, -0.2) is 0 Å². The number of alkyl halides is 3. The molecule has 1 aromatic rings. The second-order valence-electron chi connectivity index (χ2n) is 3.64. The first-order chi connectivity index (χ1) is 6.93. The van der Waals surface area contributed by atoms with Crippen molar-refractivity contribution in [3.63, 3.8) is 0 Å². The van der Waals surface area contributed by atoms with Gasteiger partial charge in [-0.2, -0.15) is 13.2 Å². The number of hydrogen-bond acceptors (Lipinski definition) is 2. The standard InChI is InChI=1S/C9H9ClF3NS/c10-7-2-1-6(15-7)5-14-8(3-4-8)9(11,12)13/h1-2,14H,3-5H2. The summed E-state index contributed by atoms with van der Waals surface area (Å²) in [5, 5.41) is 2.57. The first-order valence-electron chi connectivity index (χ1n) is 4.49. The zero-order valence-corrected chi connectivity index (χ0v) is 9.27. The van der Waals surface area contributed by atoms with Gasteiger partial charge in [0.05, 0.1) is 4.34 Å². The third-order valence-corrected chi connectivity index (χ3v) is 3.75. The zero-order valence-electron chi connectivity index (χ0n) is 7.70. The normalized spacial score (nSPS) is 19.2. The van der Waals surface area contributed by atoms with Crippen LogP contribution in [0.15, 0.2) is 12.1 Å². The Balaban J connectivity index is 1.94. The molecule has 0 amide bonds. The molecule has 2 rings (SSSR count). The zero-order chi connectivity index (χ0) is 11.1. The van der Waals surface area contributed by atoms with Crippen molar-refractivity contribution >= 4 is 22.9 Å². The fraction of sp³-hybridized carbons (Fsp3) is 0.556. The molecule has 0 aromatic carbocycles. The summed E-state index contributed by atoms with van der Waals surface area (Å²) in [6.45, 7) is 0.233. The molecule has 1 fully saturated rings. The summed E-state index contributed by atoms with van der Waals surface area (Å²) >= 11 is 6.99. The maximum Gasteiger partial charge on any atom is 0.406 e. The van der Waals surface area contributed by atoms with E-state index in [1.807, 2.05) is 0 Å². The van der Waals surface area contributed by atoms with E-state index in [0.29, 0.717) is 4.34 Å². The van der Waals surface area contributed by atoms with Gasteiger partial charge in [0, 0.05) is 11.4 Å². The molecule has 1 aliphatic carbocycles. The van der Waals surface area contributed by atoms with Gasteiger partial charge in [0.25, 0.3) is 0 Å². The third kappa shape index (κ3) is 2.29. The molecule has 0 unspecified atom stereocenters. The van der Waals surface area contributed by atoms with Gasteiger partial charge in [0.2, 0.25) is 0 Å². The van der Waals surface area contributed by atoms with Crippen molar-refractivity contribution in [3.8, 4) is 0 Å². The van der Waals surface area contributed by atoms with E-state index in [1.54, 1.807) is 12.1 Å². The van der Waals surface area contributed by atoms with Crippen LogP contribution in [0.5, 0.6) is 0 Å². The Hall–Kier alpha value is -0.260. The molecule has 84 valence electrons. The SMILES string of the molecule is FC(F)(F)C1(NCc2ccc(Cl)s2)CC1. The maximum atomic E-state index is 12.5. The van der Waals surface area contributed by atoms with Crippen LogP contribution in [0.4, 0.5) is 13.2 Å². The minimum Gasteiger partial charge on any atom is -0.299 e. The Morgan fingerprint density at radius 1 is 1.40 bits per heavy atom. The quantitative estimate of drug-likeness (QED) is 0.870. The Morgan fingerprint density at radius 2 is 2.07 bits per heavy atom. The number of thiophene rings is 1. The van der Waals surface area contributed by atoms with Crippen molar-refractivity contribution < 1.29 is 13.2 Å². The topological polar surface area (TPSA) is 12.0 Å². The van der Waals surface area contributed by atoms with Crippen molar-refractivity contribution in [2.75, 3.05) is 0 Å². The molecule has 1 N–H and O–H groups in total. The molecule has 6 heteroatoms. The molecule has 0 saturated heterocycles. The summed E-state index contributed by atoms with van der Waals surface area (Å²) in [5.41, 5.74) is -1.64. The average Bonchev–Trinajstić information content (AvgIpc) is 2.82. The number of halogens is 4. The average molecular weight is 256 g/mol. The lowest BCUT2D eigenvalue weighted by Crippen LogP contribution is -2.44. The van der Waals surface area contributed by atoms with Crippen LogP contribution in [0.3, 0.4) is 0 Å². The van der Waals surface area contributed by atoms with Gasteiger partial charge in [0.15, 0.2) is 0 Å². The second-order valence-corrected chi connectivity index (χ2v) is 5.44. The Bertz CT molecular complexity index is 356. The molecule has 0 atom stereocenters. The number of nitrogens with one attached hydrogen (secondary N) is 1. The summed E-state index contributed by atoms with van der Waals surface area (Å²) in [4.78, 5) is 0.829. The first-order valence-corrected chi connectivity index (χ1v) is 5.68. The van der Waals surface area contributed by atoms with E-state index in [9.17, 15) is 13.2 Å². The molecular formula is C9H9ClF3NS. The van der Waals surface area contributed by atoms with Crippen LogP contribution in [-0.2, 0) is 6.54 Å². The lowest BCUT2D eigenvalue weighted by molar-refractivity contribution is -0.166. The van der Waals surface area contributed by atoms with Crippen LogP contribution >= 0.6 is 22.9 Å². The van der Waals surface area contributed by atoms with E-state index in [2.05, 4.69) is 5.32 Å². The van der Waals surface area contributed by atoms with Gasteiger partial charge in [-0.05, 0) is 25.0 Å². The highest BCUT2D eigenvalue weighted by atomic mass is 35.5. The van der Waals surface area contributed by atoms with Crippen LogP contribution in [0, 0.1) is 0 Å². The van der Waals surface area contributed by atoms with Crippen LogP contribution in [0.2, 0.25) is 4.34 Å². The fourth-order valence-corrected chi connectivity index (χ4v) is 2.42. The van der Waals surface area contributed by atoms with E-state index >= 15 is 0 Å². The lowest BCUT2D eigenvalue weighted by atomic mass is 10.2. The number of rotatable bonds is 3. The van der Waals surface area contributed by atoms with E-state index in [-0.39, 0.29) is 19.4 Å². The minimum absolute atomic E-state index is 0.176. The highest BCUT2D eigenvalue weighted by Crippen LogP contribution is 2.49. The summed E-state index contributed by atoms with van der Waals surface area (Å²) in [6, 6.07) is 3.43. The molecule has 1 heterocycles. The predicted molar refractivity (Wildman–Crippen MR) is 54.2 cm³/mol.